The highest BCUT2D eigenvalue weighted by molar-refractivity contribution is 7.22. The average molecular weight is 490 g/mol. The van der Waals surface area contributed by atoms with Crippen molar-refractivity contribution in [1.82, 2.24) is 9.97 Å². The smallest absolute Gasteiger partial charge is 0.185 e. The minimum atomic E-state index is -0.707. The lowest BCUT2D eigenvalue weighted by Crippen LogP contribution is -2.27. The first-order valence-corrected chi connectivity index (χ1v) is 12.7. The summed E-state index contributed by atoms with van der Waals surface area (Å²) < 4.78 is 13.4. The summed E-state index contributed by atoms with van der Waals surface area (Å²) in [5.74, 6) is 0.830. The summed E-state index contributed by atoms with van der Waals surface area (Å²) in [6, 6.07) is 8.24. The molecule has 2 aromatic carbocycles. The van der Waals surface area contributed by atoms with E-state index in [0.29, 0.717) is 6.61 Å². The number of carbonyl (C=O) groups excluding carboxylic acids is 1. The molecule has 0 amide bonds. The van der Waals surface area contributed by atoms with Gasteiger partial charge in [0.2, 0.25) is 0 Å². The van der Waals surface area contributed by atoms with E-state index in [4.69, 9.17) is 19.4 Å². The van der Waals surface area contributed by atoms with Gasteiger partial charge < -0.3 is 14.4 Å². The summed E-state index contributed by atoms with van der Waals surface area (Å²) in [7, 11) is 3.99. The number of nitrogens with zero attached hydrogens (tertiary/aromatic N) is 3. The third kappa shape index (κ3) is 4.17. The first kappa shape index (κ1) is 23.7. The van der Waals surface area contributed by atoms with Gasteiger partial charge in [-0.3, -0.25) is 9.78 Å². The molecular formula is C28H31N3O3S. The first-order chi connectivity index (χ1) is 16.5. The van der Waals surface area contributed by atoms with Crippen molar-refractivity contribution in [2.24, 2.45) is 0 Å². The molecule has 0 spiro atoms. The number of ketones is 1. The zero-order chi connectivity index (χ0) is 25.1. The summed E-state index contributed by atoms with van der Waals surface area (Å²) in [6.45, 7) is 10.2. The van der Waals surface area contributed by atoms with Crippen molar-refractivity contribution < 1.29 is 14.3 Å². The highest BCUT2D eigenvalue weighted by atomic mass is 32.1. The van der Waals surface area contributed by atoms with E-state index >= 15 is 0 Å². The number of aryl methyl sites for hydroxylation is 1. The number of Topliss-reactive ketones (excluding diaryl/α,β-unsaturated/α-hetero) is 1. The normalized spacial score (nSPS) is 14.3. The largest absolute Gasteiger partial charge is 0.493 e. The Balaban J connectivity index is 1.91. The van der Waals surface area contributed by atoms with Crippen LogP contribution in [0.1, 0.15) is 50.5 Å². The maximum Gasteiger partial charge on any atom is 0.185 e. The lowest BCUT2D eigenvalue weighted by molar-refractivity contribution is -0.138. The van der Waals surface area contributed by atoms with Crippen LogP contribution in [0.5, 0.6) is 5.75 Å². The molecular weight excluding hydrogens is 458 g/mol. The molecule has 1 atom stereocenters. The van der Waals surface area contributed by atoms with E-state index in [1.165, 1.54) is 5.56 Å². The van der Waals surface area contributed by atoms with Crippen LogP contribution in [0.3, 0.4) is 0 Å². The molecule has 182 valence electrons. The number of aromatic nitrogens is 2. The van der Waals surface area contributed by atoms with Crippen LogP contribution in [-0.2, 0) is 16.0 Å². The summed E-state index contributed by atoms with van der Waals surface area (Å²) in [4.78, 5) is 24.8. The molecule has 35 heavy (non-hydrogen) atoms. The van der Waals surface area contributed by atoms with Gasteiger partial charge in [0.05, 0.1) is 27.9 Å². The van der Waals surface area contributed by atoms with E-state index < -0.39 is 11.7 Å². The Morgan fingerprint density at radius 1 is 1.23 bits per heavy atom. The van der Waals surface area contributed by atoms with Crippen molar-refractivity contribution in [2.45, 2.75) is 52.7 Å². The molecule has 0 aliphatic carbocycles. The van der Waals surface area contributed by atoms with E-state index in [9.17, 15) is 4.79 Å². The highest BCUT2D eigenvalue weighted by Gasteiger charge is 2.31. The molecule has 7 heteroatoms. The summed E-state index contributed by atoms with van der Waals surface area (Å²) in [5, 5.41) is 1.96. The number of carbonyl (C=O) groups is 1. The molecule has 0 saturated carbocycles. The molecule has 3 heterocycles. The minimum Gasteiger partial charge on any atom is -0.493 e. The van der Waals surface area contributed by atoms with Gasteiger partial charge in [-0.1, -0.05) is 11.3 Å². The van der Waals surface area contributed by atoms with Gasteiger partial charge in [0, 0.05) is 48.8 Å². The van der Waals surface area contributed by atoms with E-state index in [-0.39, 0.29) is 5.78 Å². The van der Waals surface area contributed by atoms with Crippen molar-refractivity contribution >= 4 is 43.4 Å². The fraction of sp³-hybridized carbons (Fsp3) is 0.393. The maximum absolute atomic E-state index is 13.1. The third-order valence-electron chi connectivity index (χ3n) is 6.24. The molecule has 1 aliphatic rings. The predicted octanol–water partition coefficient (Wildman–Crippen LogP) is 6.27. The lowest BCUT2D eigenvalue weighted by Gasteiger charge is -2.29. The van der Waals surface area contributed by atoms with E-state index in [2.05, 4.69) is 18.2 Å². The predicted molar refractivity (Wildman–Crippen MR) is 143 cm³/mol. The van der Waals surface area contributed by atoms with Crippen LogP contribution >= 0.6 is 11.3 Å². The number of rotatable bonds is 5. The van der Waals surface area contributed by atoms with Gasteiger partial charge >= 0.3 is 0 Å². The van der Waals surface area contributed by atoms with Crippen LogP contribution in [0.25, 0.3) is 32.2 Å². The molecule has 0 saturated heterocycles. The second-order valence-corrected chi connectivity index (χ2v) is 11.3. The topological polar surface area (TPSA) is 64.5 Å². The van der Waals surface area contributed by atoms with Gasteiger partial charge in [-0.15, -0.1) is 0 Å². The van der Waals surface area contributed by atoms with Crippen molar-refractivity contribution in [3.05, 3.63) is 47.2 Å². The van der Waals surface area contributed by atoms with E-state index in [1.807, 2.05) is 59.0 Å². The van der Waals surface area contributed by atoms with E-state index in [1.54, 1.807) is 18.3 Å². The van der Waals surface area contributed by atoms with Crippen LogP contribution in [0, 0.1) is 6.92 Å². The zero-order valence-corrected chi connectivity index (χ0v) is 22.2. The number of pyridine rings is 1. The fourth-order valence-electron chi connectivity index (χ4n) is 4.80. The standard InChI is InChI=1S/C28H31N3O3S/c1-15-14-19-26(35-27(30-19)31(6)7)23(21(15)25(16(2)32)34-28(3,4)5)18-8-9-20-22-17(11-13-33-20)10-12-29-24(18)22/h8-10,12,14,25H,11,13H2,1-7H3/t25-/m1/s1. The van der Waals surface area contributed by atoms with Crippen molar-refractivity contribution in [3.8, 4) is 16.9 Å². The molecule has 5 rings (SSSR count). The van der Waals surface area contributed by atoms with Crippen LogP contribution in [-0.4, -0.2) is 42.1 Å². The number of hydrogen-bond donors (Lipinski definition) is 0. The van der Waals surface area contributed by atoms with Gasteiger partial charge in [-0.2, -0.15) is 0 Å². The highest BCUT2D eigenvalue weighted by Crippen LogP contribution is 2.47. The molecule has 0 N–H and O–H groups in total. The number of benzene rings is 2. The Labute approximate surface area is 209 Å². The second-order valence-electron chi connectivity index (χ2n) is 10.3. The molecule has 6 nitrogen and oxygen atoms in total. The summed E-state index contributed by atoms with van der Waals surface area (Å²) in [5.41, 5.74) is 6.32. The van der Waals surface area contributed by atoms with Crippen LogP contribution in [0.15, 0.2) is 30.5 Å². The number of ether oxygens (including phenoxy) is 2. The molecule has 0 radical (unpaired) electrons. The SMILES string of the molecule is CC(=O)[C@@H](OC(C)(C)C)c1c(C)cc2nc(N(C)C)sc2c1-c1ccc2c3c(ccnc13)CCO2. The van der Waals surface area contributed by atoms with E-state index in [0.717, 1.165) is 60.7 Å². The quantitative estimate of drug-likeness (QED) is 0.329. The van der Waals surface area contributed by atoms with Crippen molar-refractivity contribution in [2.75, 3.05) is 25.6 Å². The van der Waals surface area contributed by atoms with Crippen molar-refractivity contribution in [3.63, 3.8) is 0 Å². The Hall–Kier alpha value is -3.03. The van der Waals surface area contributed by atoms with Gasteiger partial charge in [-0.25, -0.2) is 4.98 Å². The fourth-order valence-corrected chi connectivity index (χ4v) is 5.84. The third-order valence-corrected chi connectivity index (χ3v) is 7.50. The Morgan fingerprint density at radius 2 is 2.00 bits per heavy atom. The molecule has 1 aliphatic heterocycles. The number of thiazole rings is 1. The van der Waals surface area contributed by atoms with Gasteiger partial charge in [0.1, 0.15) is 11.9 Å². The molecule has 0 unspecified atom stereocenters. The maximum atomic E-state index is 13.1. The van der Waals surface area contributed by atoms with Crippen LogP contribution in [0.2, 0.25) is 0 Å². The van der Waals surface area contributed by atoms with Crippen molar-refractivity contribution in [1.29, 1.82) is 0 Å². The lowest BCUT2D eigenvalue weighted by atomic mass is 9.88. The average Bonchev–Trinajstić information content (AvgIpc) is 3.21. The van der Waals surface area contributed by atoms with Gasteiger partial charge in [0.15, 0.2) is 10.9 Å². The van der Waals surface area contributed by atoms with Gasteiger partial charge in [-0.05, 0) is 70.0 Å². The van der Waals surface area contributed by atoms with Crippen LogP contribution in [0.4, 0.5) is 5.13 Å². The number of fused-ring (bicyclic) bond motifs is 1. The second kappa shape index (κ2) is 8.57. The zero-order valence-electron chi connectivity index (χ0n) is 21.4. The molecule has 4 aromatic rings. The Kier molecular flexibility index (Phi) is 5.80. The molecule has 0 fully saturated rings. The van der Waals surface area contributed by atoms with Gasteiger partial charge in [0.25, 0.3) is 0 Å². The summed E-state index contributed by atoms with van der Waals surface area (Å²) in [6.07, 6.45) is 2.01. The minimum absolute atomic E-state index is 0.0278. The first-order valence-electron chi connectivity index (χ1n) is 11.9. The summed E-state index contributed by atoms with van der Waals surface area (Å²) >= 11 is 1.62. The van der Waals surface area contributed by atoms with Crippen LogP contribution < -0.4 is 9.64 Å². The molecule has 2 aromatic heterocycles. The number of anilines is 1. The Morgan fingerprint density at radius 3 is 2.69 bits per heavy atom. The Bertz CT molecular complexity index is 1460. The number of hydrogen-bond acceptors (Lipinski definition) is 7. The molecule has 0 bridgehead atoms. The monoisotopic (exact) mass is 489 g/mol.